The van der Waals surface area contributed by atoms with Crippen LogP contribution in [0.2, 0.25) is 0 Å². The van der Waals surface area contributed by atoms with Gasteiger partial charge in [0.15, 0.2) is 0 Å². The zero-order valence-corrected chi connectivity index (χ0v) is 16.3. The van der Waals surface area contributed by atoms with Crippen molar-refractivity contribution in [3.63, 3.8) is 0 Å². The highest BCUT2D eigenvalue weighted by Gasteiger charge is 2.52. The summed E-state index contributed by atoms with van der Waals surface area (Å²) < 4.78 is 4.77. The number of rotatable bonds is 2. The Hall–Kier alpha value is -2.03. The van der Waals surface area contributed by atoms with Gasteiger partial charge >= 0.3 is 0 Å². The quantitative estimate of drug-likeness (QED) is 0.215. The summed E-state index contributed by atoms with van der Waals surface area (Å²) in [6.45, 7) is 3.78. The first-order valence-electron chi connectivity index (χ1n) is 7.41. The number of hydrogen-bond donors (Lipinski definition) is 8. The number of nitrogens with one attached hydrogen (secondary N) is 1. The van der Waals surface area contributed by atoms with Gasteiger partial charge in [-0.2, -0.15) is 0 Å². The lowest BCUT2D eigenvalue weighted by Crippen LogP contribution is -2.68. The average molecular weight is 436 g/mol. The van der Waals surface area contributed by atoms with E-state index in [0.29, 0.717) is 0 Å². The second-order valence-corrected chi connectivity index (χ2v) is 5.71. The number of carboxylic acids is 3. The molecule has 5 atom stereocenters. The van der Waals surface area contributed by atoms with Gasteiger partial charge in [0.1, 0.15) is 24.4 Å². The molecule has 0 radical (unpaired) electrons. The van der Waals surface area contributed by atoms with Crippen LogP contribution in [0.15, 0.2) is 0 Å². The number of halogens is 1. The van der Waals surface area contributed by atoms with Gasteiger partial charge in [-0.25, -0.2) is 0 Å². The van der Waals surface area contributed by atoms with Crippen LogP contribution in [-0.4, -0.2) is 95.8 Å². The number of amides is 1. The summed E-state index contributed by atoms with van der Waals surface area (Å²) in [5, 5.41) is 59.6. The largest absolute Gasteiger partial charge is 0.481 e. The molecule has 13 nitrogen and oxygen atoms in total. The summed E-state index contributed by atoms with van der Waals surface area (Å²) >= 11 is 5.55. The van der Waals surface area contributed by atoms with E-state index in [0.717, 1.165) is 27.7 Å². The highest BCUT2D eigenvalue weighted by atomic mass is 35.5. The minimum absolute atomic E-state index is 0.554. The minimum Gasteiger partial charge on any atom is -0.481 e. The maximum absolute atomic E-state index is 10.8. The van der Waals surface area contributed by atoms with Crippen molar-refractivity contribution < 1.29 is 59.7 Å². The molecule has 0 bridgehead atoms. The molecule has 166 valence electrons. The highest BCUT2D eigenvalue weighted by Crippen LogP contribution is 2.31. The smallest absolute Gasteiger partial charge is 0.300 e. The Bertz CT molecular complexity index is 472. The maximum Gasteiger partial charge on any atom is 0.300 e. The Labute approximate surface area is 165 Å². The Morgan fingerprint density at radius 2 is 1.25 bits per heavy atom. The summed E-state index contributed by atoms with van der Waals surface area (Å²) in [5.41, 5.74) is 0. The molecule has 0 aliphatic carbocycles. The molecule has 0 aromatic rings. The summed E-state index contributed by atoms with van der Waals surface area (Å²) in [4.78, 5) is 37.8. The van der Waals surface area contributed by atoms with Gasteiger partial charge in [0.25, 0.3) is 23.2 Å². The third kappa shape index (κ3) is 17.4. The molecule has 1 fully saturated rings. The third-order valence-corrected chi connectivity index (χ3v) is 2.64. The molecule has 0 saturated carbocycles. The molecule has 0 aromatic heterocycles. The van der Waals surface area contributed by atoms with Crippen molar-refractivity contribution in [2.24, 2.45) is 0 Å². The lowest BCUT2D eigenvalue weighted by Gasteiger charge is -2.44. The Morgan fingerprint density at radius 3 is 1.50 bits per heavy atom. The number of ether oxygens (including phenoxy) is 1. The molecule has 0 spiro atoms. The maximum atomic E-state index is 10.8. The van der Waals surface area contributed by atoms with E-state index in [9.17, 15) is 20.1 Å². The van der Waals surface area contributed by atoms with Gasteiger partial charge in [-0.15, -0.1) is 0 Å². The van der Waals surface area contributed by atoms with E-state index in [1.165, 1.54) is 0 Å². The van der Waals surface area contributed by atoms with Gasteiger partial charge in [-0.05, 0) is 0 Å². The van der Waals surface area contributed by atoms with Crippen molar-refractivity contribution in [3.05, 3.63) is 0 Å². The molecule has 8 N–H and O–H groups in total. The van der Waals surface area contributed by atoms with Crippen LogP contribution >= 0.6 is 11.6 Å². The minimum atomic E-state index is -2.38. The lowest BCUT2D eigenvalue weighted by atomic mass is 9.97. The van der Waals surface area contributed by atoms with E-state index in [2.05, 4.69) is 5.32 Å². The molecule has 1 saturated heterocycles. The summed E-state index contributed by atoms with van der Waals surface area (Å²) in [5.74, 6) is -3.05. The fraction of sp³-hybridized carbons (Fsp3) is 0.714. The van der Waals surface area contributed by atoms with Crippen LogP contribution in [0.1, 0.15) is 27.7 Å². The van der Waals surface area contributed by atoms with Crippen LogP contribution in [0, 0.1) is 0 Å². The second-order valence-electron chi connectivity index (χ2n) is 5.16. The number of aliphatic hydroxyl groups excluding tert-OH is 3. The predicted octanol–water partition coefficient (Wildman–Crippen LogP) is -2.24. The number of aliphatic carboxylic acids is 3. The molecule has 28 heavy (non-hydrogen) atoms. The van der Waals surface area contributed by atoms with E-state index in [1.54, 1.807) is 0 Å². The fourth-order valence-corrected chi connectivity index (χ4v) is 1.82. The third-order valence-electron chi connectivity index (χ3n) is 2.31. The van der Waals surface area contributed by atoms with Crippen molar-refractivity contribution >= 4 is 35.4 Å². The van der Waals surface area contributed by atoms with Gasteiger partial charge in [-0.3, -0.25) is 19.2 Å². The summed E-state index contributed by atoms with van der Waals surface area (Å²) in [6, 6.07) is -1.38. The van der Waals surface area contributed by atoms with Crippen molar-refractivity contribution in [2.45, 2.75) is 57.3 Å². The Morgan fingerprint density at radius 1 is 0.929 bits per heavy atom. The van der Waals surface area contributed by atoms with Gasteiger partial charge in [-0.1, -0.05) is 11.6 Å². The van der Waals surface area contributed by atoms with Gasteiger partial charge in [0, 0.05) is 27.7 Å². The topological polar surface area (TPSA) is 231 Å². The van der Waals surface area contributed by atoms with Gasteiger partial charge < -0.3 is 45.8 Å². The van der Waals surface area contributed by atoms with Gasteiger partial charge in [0.05, 0.1) is 6.61 Å². The first-order chi connectivity index (χ1) is 12.5. The molecule has 1 unspecified atom stereocenters. The average Bonchev–Trinajstić information content (AvgIpc) is 2.45. The van der Waals surface area contributed by atoms with Crippen molar-refractivity contribution in [3.8, 4) is 0 Å². The zero-order chi connectivity index (χ0) is 23.2. The number of carbonyl (C=O) groups is 4. The molecule has 14 heteroatoms. The normalized spacial score (nSPS) is 27.9. The summed E-state index contributed by atoms with van der Waals surface area (Å²) in [6.07, 6.45) is -4.22. The fourth-order valence-electron chi connectivity index (χ4n) is 1.52. The van der Waals surface area contributed by atoms with Crippen molar-refractivity contribution in [1.82, 2.24) is 5.32 Å². The molecular weight excluding hydrogens is 410 g/mol. The van der Waals surface area contributed by atoms with E-state index >= 15 is 0 Å². The molecule has 1 aliphatic rings. The molecule has 1 heterocycles. The SMILES string of the molecule is CC(=O)N[C@@H]1[C@@H](O)[C@@H](O)[C@@H](CO)OC1(O)Cl.CC(=O)O.CC(=O)O.CC(=O)O. The highest BCUT2D eigenvalue weighted by molar-refractivity contribution is 6.22. The molecule has 1 rings (SSSR count). The van der Waals surface area contributed by atoms with Crippen LogP contribution in [0.3, 0.4) is 0 Å². The standard InChI is InChI=1S/C8H14ClNO6.3C2H4O2/c1-3(12)10-7-6(14)5(13)4(2-11)16-8(7,9)15;3*1-2(3)4/h4-7,11,13-15H,2H2,1H3,(H,10,12);3*1H3,(H,3,4)/t4-,5+,6+,7-,8?;;;/m1.../s1. The first-order valence-corrected chi connectivity index (χ1v) is 7.79. The lowest BCUT2D eigenvalue weighted by molar-refractivity contribution is -0.277. The van der Waals surface area contributed by atoms with Crippen LogP contribution in [0.4, 0.5) is 0 Å². The van der Waals surface area contributed by atoms with Crippen LogP contribution in [0.5, 0.6) is 0 Å². The van der Waals surface area contributed by atoms with E-state index in [4.69, 9.17) is 51.1 Å². The van der Waals surface area contributed by atoms with E-state index < -0.39 is 60.0 Å². The zero-order valence-electron chi connectivity index (χ0n) is 15.6. The molecule has 0 aromatic carbocycles. The number of carbonyl (C=O) groups excluding carboxylic acids is 1. The van der Waals surface area contributed by atoms with E-state index in [-0.39, 0.29) is 0 Å². The number of alkyl halides is 1. The van der Waals surface area contributed by atoms with E-state index in [1.807, 2.05) is 0 Å². The van der Waals surface area contributed by atoms with Crippen LogP contribution in [-0.2, 0) is 23.9 Å². The van der Waals surface area contributed by atoms with Crippen LogP contribution < -0.4 is 5.32 Å². The monoisotopic (exact) mass is 435 g/mol. The van der Waals surface area contributed by atoms with Gasteiger partial charge in [0.2, 0.25) is 5.91 Å². The summed E-state index contributed by atoms with van der Waals surface area (Å²) in [7, 11) is 0. The first kappa shape index (κ1) is 30.7. The molecule has 1 amide bonds. The van der Waals surface area contributed by atoms with Crippen molar-refractivity contribution in [1.29, 1.82) is 0 Å². The van der Waals surface area contributed by atoms with Crippen LogP contribution in [0.25, 0.3) is 0 Å². The second kappa shape index (κ2) is 15.0. The predicted molar refractivity (Wildman–Crippen MR) is 92.3 cm³/mol. The molecule has 1 aliphatic heterocycles. The molecular formula is C14H26ClNO12. The Kier molecular flexibility index (Phi) is 16.4. The van der Waals surface area contributed by atoms with Crippen molar-refractivity contribution in [2.75, 3.05) is 6.61 Å². The number of aliphatic hydroxyl groups is 4. The Balaban J connectivity index is -0.000000427. The number of hydrogen-bond acceptors (Lipinski definition) is 9. The number of carboxylic acid groups (broad SMARTS) is 3.